The van der Waals surface area contributed by atoms with Crippen molar-refractivity contribution >= 4 is 11.7 Å². The smallest absolute Gasteiger partial charge is 0.283 e. The molecule has 1 aromatic carbocycles. The summed E-state index contributed by atoms with van der Waals surface area (Å²) in [5.41, 5.74) is 2.30. The highest BCUT2D eigenvalue weighted by Gasteiger charge is 2.23. The Bertz CT molecular complexity index is 417. The molecule has 1 rings (SSSR count). The summed E-state index contributed by atoms with van der Waals surface area (Å²) in [6.45, 7) is 3.92. The van der Waals surface area contributed by atoms with Gasteiger partial charge in [-0.25, -0.2) is 5.84 Å². The van der Waals surface area contributed by atoms with Crippen molar-refractivity contribution in [1.29, 1.82) is 0 Å². The SMILES string of the molecule is CCc1cccc(CC)c1C(=O)C(=O)N(C)N. The van der Waals surface area contributed by atoms with Crippen LogP contribution >= 0.6 is 0 Å². The molecule has 17 heavy (non-hydrogen) atoms. The summed E-state index contributed by atoms with van der Waals surface area (Å²) in [7, 11) is 1.38. The molecule has 0 spiro atoms. The molecule has 0 unspecified atom stereocenters. The lowest BCUT2D eigenvalue weighted by Gasteiger charge is -2.14. The average molecular weight is 234 g/mol. The molecule has 0 aliphatic rings. The van der Waals surface area contributed by atoms with Gasteiger partial charge in [0.1, 0.15) is 0 Å². The topological polar surface area (TPSA) is 63.4 Å². The molecular formula is C13H18N2O2. The van der Waals surface area contributed by atoms with Gasteiger partial charge >= 0.3 is 5.91 Å². The van der Waals surface area contributed by atoms with Crippen LogP contribution in [0.3, 0.4) is 0 Å². The maximum atomic E-state index is 12.1. The summed E-state index contributed by atoms with van der Waals surface area (Å²) in [5.74, 6) is 4.12. The van der Waals surface area contributed by atoms with E-state index < -0.39 is 11.7 Å². The average Bonchev–Trinajstić information content (AvgIpc) is 2.35. The Morgan fingerprint density at radius 1 is 1.18 bits per heavy atom. The maximum absolute atomic E-state index is 12.1. The predicted molar refractivity (Wildman–Crippen MR) is 66.5 cm³/mol. The first-order chi connectivity index (χ1) is 8.02. The standard InChI is InChI=1S/C13H18N2O2/c1-4-9-7-6-8-10(5-2)11(9)12(16)13(17)15(3)14/h6-8H,4-5,14H2,1-3H3. The van der Waals surface area contributed by atoms with Gasteiger partial charge in [0, 0.05) is 12.6 Å². The van der Waals surface area contributed by atoms with E-state index in [0.717, 1.165) is 29.0 Å². The molecule has 4 heteroatoms. The third kappa shape index (κ3) is 2.71. The number of nitrogens with zero attached hydrogens (tertiary/aromatic N) is 1. The number of hydrogen-bond acceptors (Lipinski definition) is 3. The minimum atomic E-state index is -0.680. The van der Waals surface area contributed by atoms with Crippen molar-refractivity contribution in [2.24, 2.45) is 5.84 Å². The van der Waals surface area contributed by atoms with Crippen LogP contribution in [0, 0.1) is 0 Å². The molecule has 0 saturated heterocycles. The van der Waals surface area contributed by atoms with E-state index in [1.807, 2.05) is 32.0 Å². The summed E-state index contributed by atoms with van der Waals surface area (Å²) in [4.78, 5) is 23.7. The molecule has 0 atom stereocenters. The number of likely N-dealkylation sites (N-methyl/N-ethyl adjacent to an activating group) is 1. The molecule has 1 aromatic rings. The zero-order valence-corrected chi connectivity index (χ0v) is 10.5. The van der Waals surface area contributed by atoms with Gasteiger partial charge in [-0.3, -0.25) is 14.6 Å². The van der Waals surface area contributed by atoms with Gasteiger partial charge < -0.3 is 0 Å². The van der Waals surface area contributed by atoms with E-state index in [1.54, 1.807) is 0 Å². The number of amides is 1. The lowest BCUT2D eigenvalue weighted by atomic mass is 9.94. The molecule has 2 N–H and O–H groups in total. The first kappa shape index (κ1) is 13.4. The van der Waals surface area contributed by atoms with Crippen LogP contribution in [0.25, 0.3) is 0 Å². The van der Waals surface area contributed by atoms with E-state index in [0.29, 0.717) is 5.56 Å². The maximum Gasteiger partial charge on any atom is 0.308 e. The number of carbonyl (C=O) groups excluding carboxylic acids is 2. The Kier molecular flexibility index (Phi) is 4.40. The van der Waals surface area contributed by atoms with E-state index in [1.165, 1.54) is 7.05 Å². The molecule has 4 nitrogen and oxygen atoms in total. The van der Waals surface area contributed by atoms with Gasteiger partial charge in [-0.15, -0.1) is 0 Å². The lowest BCUT2D eigenvalue weighted by Crippen LogP contribution is -2.39. The largest absolute Gasteiger partial charge is 0.308 e. The number of nitrogens with two attached hydrogens (primary N) is 1. The fourth-order valence-corrected chi connectivity index (χ4v) is 1.80. The van der Waals surface area contributed by atoms with Crippen LogP contribution in [0.2, 0.25) is 0 Å². The Labute approximate surface area is 101 Å². The third-order valence-corrected chi connectivity index (χ3v) is 2.74. The molecule has 92 valence electrons. The fraction of sp³-hybridized carbons (Fsp3) is 0.385. The van der Waals surface area contributed by atoms with Gasteiger partial charge in [-0.1, -0.05) is 32.0 Å². The van der Waals surface area contributed by atoms with E-state index in [2.05, 4.69) is 0 Å². The Morgan fingerprint density at radius 3 is 2.00 bits per heavy atom. The number of benzene rings is 1. The molecule has 0 radical (unpaired) electrons. The molecule has 0 aliphatic carbocycles. The molecule has 0 fully saturated rings. The summed E-state index contributed by atoms with van der Waals surface area (Å²) in [6.07, 6.45) is 1.44. The second-order valence-electron chi connectivity index (χ2n) is 3.90. The summed E-state index contributed by atoms with van der Waals surface area (Å²) >= 11 is 0. The van der Waals surface area contributed by atoms with Crippen LogP contribution in [0.4, 0.5) is 0 Å². The summed E-state index contributed by atoms with van der Waals surface area (Å²) in [5, 5.41) is 0.828. The summed E-state index contributed by atoms with van der Waals surface area (Å²) in [6, 6.07) is 5.65. The number of Topliss-reactive ketones (excluding diaryl/α,β-unsaturated/α-hetero) is 1. The quantitative estimate of drug-likeness (QED) is 0.281. The Morgan fingerprint density at radius 2 is 1.65 bits per heavy atom. The highest BCUT2D eigenvalue weighted by molar-refractivity contribution is 6.43. The Hall–Kier alpha value is -1.68. The number of carbonyl (C=O) groups is 2. The highest BCUT2D eigenvalue weighted by atomic mass is 16.2. The van der Waals surface area contributed by atoms with Crippen molar-refractivity contribution < 1.29 is 9.59 Å². The van der Waals surface area contributed by atoms with Crippen molar-refractivity contribution in [2.75, 3.05) is 7.05 Å². The molecule has 0 saturated carbocycles. The zero-order chi connectivity index (χ0) is 13.0. The number of ketones is 1. The Balaban J connectivity index is 3.28. The molecule has 1 amide bonds. The number of hydrazine groups is 1. The van der Waals surface area contributed by atoms with Crippen LogP contribution in [0.15, 0.2) is 18.2 Å². The first-order valence-corrected chi connectivity index (χ1v) is 5.70. The minimum Gasteiger partial charge on any atom is -0.283 e. The predicted octanol–water partition coefficient (Wildman–Crippen LogP) is 1.33. The van der Waals surface area contributed by atoms with Gasteiger partial charge in [-0.2, -0.15) is 0 Å². The van der Waals surface area contributed by atoms with Crippen LogP contribution < -0.4 is 5.84 Å². The molecule has 0 aliphatic heterocycles. The first-order valence-electron chi connectivity index (χ1n) is 5.70. The van der Waals surface area contributed by atoms with Crippen molar-refractivity contribution in [1.82, 2.24) is 5.01 Å². The second-order valence-corrected chi connectivity index (χ2v) is 3.90. The van der Waals surface area contributed by atoms with Crippen molar-refractivity contribution in [2.45, 2.75) is 26.7 Å². The number of aryl methyl sites for hydroxylation is 2. The van der Waals surface area contributed by atoms with Crippen molar-refractivity contribution in [3.8, 4) is 0 Å². The van der Waals surface area contributed by atoms with Crippen molar-refractivity contribution in [3.05, 3.63) is 34.9 Å². The van der Waals surface area contributed by atoms with Gasteiger partial charge in [0.2, 0.25) is 0 Å². The summed E-state index contributed by atoms with van der Waals surface area (Å²) < 4.78 is 0. The minimum absolute atomic E-state index is 0.514. The lowest BCUT2D eigenvalue weighted by molar-refractivity contribution is -0.125. The van der Waals surface area contributed by atoms with E-state index in [-0.39, 0.29) is 0 Å². The number of rotatable bonds is 4. The fourth-order valence-electron chi connectivity index (χ4n) is 1.80. The zero-order valence-electron chi connectivity index (χ0n) is 10.5. The normalized spacial score (nSPS) is 10.1. The van der Waals surface area contributed by atoms with Gasteiger partial charge in [0.25, 0.3) is 5.78 Å². The van der Waals surface area contributed by atoms with E-state index in [4.69, 9.17) is 5.84 Å². The van der Waals surface area contributed by atoms with Gasteiger partial charge in [-0.05, 0) is 24.0 Å². The van der Waals surface area contributed by atoms with E-state index in [9.17, 15) is 9.59 Å². The van der Waals surface area contributed by atoms with Crippen molar-refractivity contribution in [3.63, 3.8) is 0 Å². The van der Waals surface area contributed by atoms with Gasteiger partial charge in [0.05, 0.1) is 0 Å². The molecule has 0 bridgehead atoms. The molecule has 0 heterocycles. The molecule has 0 aromatic heterocycles. The monoisotopic (exact) mass is 234 g/mol. The van der Waals surface area contributed by atoms with Crippen LogP contribution in [-0.2, 0) is 17.6 Å². The molecular weight excluding hydrogens is 216 g/mol. The highest BCUT2D eigenvalue weighted by Crippen LogP contribution is 2.17. The third-order valence-electron chi connectivity index (χ3n) is 2.74. The van der Waals surface area contributed by atoms with Crippen LogP contribution in [0.5, 0.6) is 0 Å². The van der Waals surface area contributed by atoms with Crippen LogP contribution in [0.1, 0.15) is 35.3 Å². The second kappa shape index (κ2) is 5.59. The van der Waals surface area contributed by atoms with E-state index >= 15 is 0 Å². The number of hydrogen-bond donors (Lipinski definition) is 1. The van der Waals surface area contributed by atoms with Gasteiger partial charge in [0.15, 0.2) is 0 Å². The van der Waals surface area contributed by atoms with Crippen LogP contribution in [-0.4, -0.2) is 23.7 Å².